The zero-order valence-corrected chi connectivity index (χ0v) is 21.3. The lowest BCUT2D eigenvalue weighted by Crippen LogP contribution is -2.65. The molecule has 36 heavy (non-hydrogen) atoms. The lowest BCUT2D eigenvalue weighted by Gasteiger charge is -2.55. The number of anilines is 1. The second kappa shape index (κ2) is 9.32. The molecule has 1 amide bonds. The van der Waals surface area contributed by atoms with E-state index in [0.29, 0.717) is 38.2 Å². The number of sulfonamides is 1. The van der Waals surface area contributed by atoms with Crippen LogP contribution < -0.4 is 10.1 Å². The van der Waals surface area contributed by atoms with Gasteiger partial charge in [-0.2, -0.15) is 0 Å². The number of rotatable bonds is 5. The van der Waals surface area contributed by atoms with E-state index in [1.165, 1.54) is 23.4 Å². The summed E-state index contributed by atoms with van der Waals surface area (Å²) >= 11 is 0. The lowest BCUT2D eigenvalue weighted by atomic mass is 9.61. The van der Waals surface area contributed by atoms with E-state index in [4.69, 9.17) is 4.74 Å². The van der Waals surface area contributed by atoms with Crippen LogP contribution >= 0.6 is 0 Å². The Balaban J connectivity index is 1.45. The Morgan fingerprint density at radius 3 is 2.58 bits per heavy atom. The Kier molecular flexibility index (Phi) is 6.46. The number of halogens is 1. The highest BCUT2D eigenvalue weighted by atomic mass is 32.2. The van der Waals surface area contributed by atoms with Gasteiger partial charge in [0, 0.05) is 49.8 Å². The smallest absolute Gasteiger partial charge is 0.219 e. The van der Waals surface area contributed by atoms with E-state index in [1.54, 1.807) is 24.1 Å². The lowest BCUT2D eigenvalue weighted by molar-refractivity contribution is -0.140. The van der Waals surface area contributed by atoms with Crippen molar-refractivity contribution in [1.82, 2.24) is 9.21 Å². The maximum atomic E-state index is 14.1. The first kappa shape index (κ1) is 25.0. The van der Waals surface area contributed by atoms with Crippen LogP contribution in [0.1, 0.15) is 36.8 Å². The summed E-state index contributed by atoms with van der Waals surface area (Å²) in [7, 11) is -2.10. The SMILES string of the molecule is COc1ccc2c(c1)NC1C2C2(CCN(S(=O)(=O)Cc3ccccc3F)CC2)CN(C(C)=O)[C@H]1CO. The third-order valence-electron chi connectivity index (χ3n) is 8.24. The summed E-state index contributed by atoms with van der Waals surface area (Å²) in [6.07, 6.45) is 1.11. The number of carbonyl (C=O) groups is 1. The summed E-state index contributed by atoms with van der Waals surface area (Å²) < 4.78 is 47.4. The number of hydrogen-bond donors (Lipinski definition) is 2. The Morgan fingerprint density at radius 2 is 1.94 bits per heavy atom. The van der Waals surface area contributed by atoms with Crippen molar-refractivity contribution in [3.05, 3.63) is 59.4 Å². The van der Waals surface area contributed by atoms with Crippen LogP contribution in [0.4, 0.5) is 10.1 Å². The van der Waals surface area contributed by atoms with Crippen molar-refractivity contribution in [1.29, 1.82) is 0 Å². The number of ether oxygens (including phenoxy) is 1. The van der Waals surface area contributed by atoms with Gasteiger partial charge in [0.05, 0.1) is 31.6 Å². The number of likely N-dealkylation sites (tertiary alicyclic amines) is 1. The standard InChI is InChI=1S/C26H32FN3O5S/c1-17(32)30-16-26(24-20-8-7-19(35-2)13-22(20)28-25(24)23(30)14-31)9-11-29(12-10-26)36(33,34)15-18-5-3-4-6-21(18)27/h3-8,13,23-25,28,31H,9-12,14-16H2,1-2H3/t23-,24?,25?/m0/s1. The van der Waals surface area contributed by atoms with Crippen molar-refractivity contribution < 1.29 is 27.4 Å². The van der Waals surface area contributed by atoms with Crippen LogP contribution in [0.3, 0.4) is 0 Å². The van der Waals surface area contributed by atoms with Gasteiger partial charge in [-0.1, -0.05) is 24.3 Å². The summed E-state index contributed by atoms with van der Waals surface area (Å²) in [4.78, 5) is 14.4. The minimum Gasteiger partial charge on any atom is -0.497 e. The fourth-order valence-electron chi connectivity index (χ4n) is 6.43. The van der Waals surface area contributed by atoms with Crippen LogP contribution in [0.2, 0.25) is 0 Å². The summed E-state index contributed by atoms with van der Waals surface area (Å²) in [6, 6.07) is 11.2. The third kappa shape index (κ3) is 4.14. The van der Waals surface area contributed by atoms with Gasteiger partial charge < -0.3 is 20.1 Å². The molecule has 2 aromatic carbocycles. The summed E-state index contributed by atoms with van der Waals surface area (Å²) in [6.45, 7) is 2.37. The van der Waals surface area contributed by atoms with Crippen molar-refractivity contribution in [3.8, 4) is 5.75 Å². The Bertz CT molecular complexity index is 1260. The fraction of sp³-hybridized carbons (Fsp3) is 0.500. The van der Waals surface area contributed by atoms with Crippen LogP contribution in [0.25, 0.3) is 0 Å². The minimum absolute atomic E-state index is 0.00239. The molecule has 2 N–H and O–H groups in total. The molecule has 5 rings (SSSR count). The van der Waals surface area contributed by atoms with Crippen molar-refractivity contribution in [3.63, 3.8) is 0 Å². The first-order chi connectivity index (χ1) is 17.2. The second-order valence-corrected chi connectivity index (χ2v) is 12.1. The Hall–Kier alpha value is -2.69. The number of benzene rings is 2. The molecule has 3 heterocycles. The van der Waals surface area contributed by atoms with Crippen LogP contribution in [-0.2, 0) is 20.6 Å². The molecule has 2 fully saturated rings. The Morgan fingerprint density at radius 1 is 1.22 bits per heavy atom. The van der Waals surface area contributed by atoms with E-state index < -0.39 is 15.8 Å². The zero-order chi connectivity index (χ0) is 25.7. The van der Waals surface area contributed by atoms with Crippen LogP contribution in [0.15, 0.2) is 42.5 Å². The van der Waals surface area contributed by atoms with Crippen molar-refractivity contribution in [2.24, 2.45) is 5.41 Å². The first-order valence-corrected chi connectivity index (χ1v) is 13.8. The van der Waals surface area contributed by atoms with E-state index in [0.717, 1.165) is 11.3 Å². The van der Waals surface area contributed by atoms with Crippen LogP contribution in [-0.4, -0.2) is 74.1 Å². The maximum Gasteiger partial charge on any atom is 0.219 e. The first-order valence-electron chi connectivity index (χ1n) is 12.2. The molecule has 0 radical (unpaired) electrons. The van der Waals surface area contributed by atoms with E-state index in [1.807, 2.05) is 18.2 Å². The molecule has 0 aromatic heterocycles. The van der Waals surface area contributed by atoms with E-state index in [9.17, 15) is 22.7 Å². The number of piperidine rings is 2. The number of aliphatic hydroxyl groups is 1. The molecule has 0 saturated carbocycles. The monoisotopic (exact) mass is 517 g/mol. The van der Waals surface area contributed by atoms with Crippen LogP contribution in [0.5, 0.6) is 5.75 Å². The second-order valence-electron chi connectivity index (χ2n) is 10.1. The van der Waals surface area contributed by atoms with Gasteiger partial charge in [0.15, 0.2) is 0 Å². The molecular formula is C26H32FN3O5S. The summed E-state index contributed by atoms with van der Waals surface area (Å²) in [5.41, 5.74) is 1.82. The molecule has 3 atom stereocenters. The van der Waals surface area contributed by atoms with Gasteiger partial charge in [-0.3, -0.25) is 4.79 Å². The van der Waals surface area contributed by atoms with Gasteiger partial charge in [-0.25, -0.2) is 17.1 Å². The van der Waals surface area contributed by atoms with Gasteiger partial charge in [-0.05, 0) is 36.0 Å². The zero-order valence-electron chi connectivity index (χ0n) is 20.5. The van der Waals surface area contributed by atoms with Gasteiger partial charge in [-0.15, -0.1) is 0 Å². The molecule has 8 nitrogen and oxygen atoms in total. The predicted molar refractivity (Wildman–Crippen MR) is 134 cm³/mol. The third-order valence-corrected chi connectivity index (χ3v) is 10.1. The van der Waals surface area contributed by atoms with E-state index in [-0.39, 0.29) is 47.2 Å². The number of carbonyl (C=O) groups excluding carboxylic acids is 1. The molecule has 194 valence electrons. The van der Waals surface area contributed by atoms with E-state index >= 15 is 0 Å². The number of nitrogens with one attached hydrogen (secondary N) is 1. The average molecular weight is 518 g/mol. The maximum absolute atomic E-state index is 14.1. The summed E-state index contributed by atoms with van der Waals surface area (Å²) in [5.74, 6) is -0.304. The van der Waals surface area contributed by atoms with Crippen molar-refractivity contribution in [2.45, 2.75) is 43.5 Å². The molecule has 0 bridgehead atoms. The molecule has 0 aliphatic carbocycles. The minimum atomic E-state index is -3.71. The highest BCUT2D eigenvalue weighted by molar-refractivity contribution is 7.88. The molecule has 3 aliphatic rings. The fourth-order valence-corrected chi connectivity index (χ4v) is 7.98. The topological polar surface area (TPSA) is 99.2 Å². The highest BCUT2D eigenvalue weighted by Gasteiger charge is 2.57. The quantitative estimate of drug-likeness (QED) is 0.633. The molecule has 2 unspecified atom stereocenters. The Labute approximate surface area is 211 Å². The average Bonchev–Trinajstić information content (AvgIpc) is 3.25. The van der Waals surface area contributed by atoms with Gasteiger partial charge in [0.2, 0.25) is 15.9 Å². The predicted octanol–water partition coefficient (Wildman–Crippen LogP) is 2.55. The molecule has 2 aromatic rings. The number of aliphatic hydroxyl groups excluding tert-OH is 1. The van der Waals surface area contributed by atoms with E-state index in [2.05, 4.69) is 5.32 Å². The highest BCUT2D eigenvalue weighted by Crippen LogP contribution is 2.56. The van der Waals surface area contributed by atoms with Gasteiger partial charge in [0.25, 0.3) is 0 Å². The largest absolute Gasteiger partial charge is 0.497 e. The molecular weight excluding hydrogens is 485 g/mol. The van der Waals surface area contributed by atoms with Crippen molar-refractivity contribution in [2.75, 3.05) is 38.7 Å². The number of nitrogens with zero attached hydrogens (tertiary/aromatic N) is 2. The molecule has 3 aliphatic heterocycles. The molecule has 1 spiro atoms. The molecule has 10 heteroatoms. The number of methoxy groups -OCH3 is 1. The van der Waals surface area contributed by atoms with Crippen LogP contribution in [0, 0.1) is 11.2 Å². The number of amides is 1. The van der Waals surface area contributed by atoms with Gasteiger partial charge in [0.1, 0.15) is 11.6 Å². The number of hydrogen-bond acceptors (Lipinski definition) is 6. The summed E-state index contributed by atoms with van der Waals surface area (Å²) in [5, 5.41) is 13.8. The normalized spacial score (nSPS) is 25.2. The van der Waals surface area contributed by atoms with Crippen molar-refractivity contribution >= 4 is 21.6 Å². The number of fused-ring (bicyclic) bond motifs is 4. The molecule has 2 saturated heterocycles. The van der Waals surface area contributed by atoms with Gasteiger partial charge >= 0.3 is 0 Å².